The first-order chi connectivity index (χ1) is 7.50. The highest BCUT2D eigenvalue weighted by atomic mass is 16.5. The summed E-state index contributed by atoms with van der Waals surface area (Å²) in [4.78, 5) is 24.1. The van der Waals surface area contributed by atoms with Crippen molar-refractivity contribution in [3.8, 4) is 5.88 Å². The summed E-state index contributed by atoms with van der Waals surface area (Å²) in [7, 11) is 0. The lowest BCUT2D eigenvalue weighted by molar-refractivity contribution is 0.143. The summed E-state index contributed by atoms with van der Waals surface area (Å²) < 4.78 is 6.20. The van der Waals surface area contributed by atoms with Crippen LogP contribution in [-0.4, -0.2) is 27.9 Å². The third-order valence-electron chi connectivity index (χ3n) is 1.82. The minimum absolute atomic E-state index is 0.175. The van der Waals surface area contributed by atoms with Gasteiger partial charge in [0, 0.05) is 0 Å². The van der Waals surface area contributed by atoms with Crippen LogP contribution in [0.5, 0.6) is 5.88 Å². The molecule has 0 fully saturated rings. The van der Waals surface area contributed by atoms with Crippen LogP contribution in [0.1, 0.15) is 6.92 Å². The first-order valence-electron chi connectivity index (χ1n) is 4.76. The summed E-state index contributed by atoms with van der Waals surface area (Å²) in [5.41, 5.74) is -0.399. The van der Waals surface area contributed by atoms with Crippen LogP contribution in [0, 0.1) is 0 Å². The van der Waals surface area contributed by atoms with Gasteiger partial charge in [-0.2, -0.15) is 0 Å². The van der Waals surface area contributed by atoms with Gasteiger partial charge in [0.2, 0.25) is 5.88 Å². The largest absolute Gasteiger partial charge is 0.494 e. The number of hydrogen-bond donors (Lipinski definition) is 2. The number of aromatic nitrogens is 2. The normalized spacial score (nSPS) is 10.3. The fraction of sp³-hybridized carbons (Fsp3) is 0.400. The summed E-state index contributed by atoms with van der Waals surface area (Å²) in [5.74, 6) is -0.368. The Hall–Kier alpha value is -1.82. The second-order valence-electron chi connectivity index (χ2n) is 3.46. The Morgan fingerprint density at radius 1 is 1.62 bits per heavy atom. The van der Waals surface area contributed by atoms with Crippen LogP contribution in [0.4, 0.5) is 0 Å². The van der Waals surface area contributed by atoms with Gasteiger partial charge in [0.25, 0.3) is 5.56 Å². The van der Waals surface area contributed by atoms with Gasteiger partial charge in [0.05, 0.1) is 25.8 Å². The molecule has 0 atom stereocenters. The van der Waals surface area contributed by atoms with Crippen LogP contribution in [0.3, 0.4) is 0 Å². The van der Waals surface area contributed by atoms with Crippen LogP contribution < -0.4 is 11.2 Å². The van der Waals surface area contributed by atoms with E-state index in [2.05, 4.69) is 6.58 Å². The summed E-state index contributed by atoms with van der Waals surface area (Å²) in [5, 5.41) is 9.35. The van der Waals surface area contributed by atoms with Gasteiger partial charge >= 0.3 is 5.69 Å². The maximum atomic E-state index is 11.3. The predicted molar refractivity (Wildman–Crippen MR) is 58.6 cm³/mol. The van der Waals surface area contributed by atoms with Crippen molar-refractivity contribution in [1.82, 2.24) is 9.55 Å². The molecule has 0 saturated heterocycles. The van der Waals surface area contributed by atoms with E-state index < -0.39 is 11.2 Å². The minimum Gasteiger partial charge on any atom is -0.494 e. The van der Waals surface area contributed by atoms with Gasteiger partial charge in [-0.05, 0) is 6.92 Å². The summed E-state index contributed by atoms with van der Waals surface area (Å²) >= 11 is 0. The third kappa shape index (κ3) is 3.39. The van der Waals surface area contributed by atoms with Crippen molar-refractivity contribution >= 4 is 0 Å². The Balaban J connectivity index is 2.64. The zero-order valence-electron chi connectivity index (χ0n) is 9.02. The molecule has 6 heteroatoms. The third-order valence-corrected chi connectivity index (χ3v) is 1.82. The predicted octanol–water partition coefficient (Wildman–Crippen LogP) is -0.165. The summed E-state index contributed by atoms with van der Waals surface area (Å²) in [6.07, 6.45) is 0. The monoisotopic (exact) mass is 226 g/mol. The number of nitrogens with one attached hydrogen (secondary N) is 1. The van der Waals surface area contributed by atoms with Gasteiger partial charge in [-0.15, -0.1) is 0 Å². The van der Waals surface area contributed by atoms with Gasteiger partial charge in [0.1, 0.15) is 0 Å². The molecule has 0 aliphatic carbocycles. The Kier molecular flexibility index (Phi) is 4.07. The lowest BCUT2D eigenvalue weighted by atomic mass is 10.4. The van der Waals surface area contributed by atoms with Crippen LogP contribution in [0.2, 0.25) is 0 Å². The highest BCUT2D eigenvalue weighted by Gasteiger charge is 2.03. The molecule has 0 aliphatic heterocycles. The Morgan fingerprint density at radius 2 is 2.31 bits per heavy atom. The van der Waals surface area contributed by atoms with Gasteiger partial charge in [-0.25, -0.2) is 4.79 Å². The van der Waals surface area contributed by atoms with Crippen LogP contribution >= 0.6 is 0 Å². The van der Waals surface area contributed by atoms with Gasteiger partial charge in [-0.3, -0.25) is 14.3 Å². The molecule has 0 bridgehead atoms. The Labute approximate surface area is 91.8 Å². The highest BCUT2D eigenvalue weighted by molar-refractivity contribution is 5.05. The molecule has 0 spiro atoms. The number of rotatable bonds is 5. The van der Waals surface area contributed by atoms with E-state index in [1.54, 1.807) is 0 Å². The lowest BCUT2D eigenvalue weighted by Crippen LogP contribution is -2.30. The zero-order valence-corrected chi connectivity index (χ0v) is 9.02. The summed E-state index contributed by atoms with van der Waals surface area (Å²) in [6, 6.07) is 0.945. The van der Waals surface area contributed by atoms with E-state index in [0.29, 0.717) is 6.61 Å². The molecular formula is C10H14N2O4. The average Bonchev–Trinajstić information content (AvgIpc) is 2.14. The van der Waals surface area contributed by atoms with Crippen molar-refractivity contribution in [2.45, 2.75) is 13.5 Å². The van der Waals surface area contributed by atoms with Crippen molar-refractivity contribution in [3.05, 3.63) is 39.1 Å². The molecule has 2 N–H and O–H groups in total. The fourth-order valence-electron chi connectivity index (χ4n) is 1.13. The zero-order chi connectivity index (χ0) is 12.1. The molecule has 1 aromatic heterocycles. The molecule has 0 aromatic carbocycles. The smallest absolute Gasteiger partial charge is 0.331 e. The van der Waals surface area contributed by atoms with Crippen molar-refractivity contribution < 1.29 is 9.84 Å². The molecule has 1 heterocycles. The van der Waals surface area contributed by atoms with E-state index >= 15 is 0 Å². The molecular weight excluding hydrogens is 212 g/mol. The molecule has 16 heavy (non-hydrogen) atoms. The maximum Gasteiger partial charge on any atom is 0.331 e. The number of ether oxygens (including phenoxy) is 1. The quantitative estimate of drug-likeness (QED) is 0.539. The average molecular weight is 226 g/mol. The Morgan fingerprint density at radius 3 is 2.88 bits per heavy atom. The summed E-state index contributed by atoms with van der Waals surface area (Å²) in [6.45, 7) is 6.31. The maximum absolute atomic E-state index is 11.3. The van der Waals surface area contributed by atoms with Crippen LogP contribution in [0.25, 0.3) is 0 Å². The van der Waals surface area contributed by atoms with E-state index in [1.807, 2.05) is 11.9 Å². The van der Waals surface area contributed by atoms with E-state index in [0.717, 1.165) is 16.2 Å². The molecule has 6 nitrogen and oxygen atoms in total. The van der Waals surface area contributed by atoms with E-state index in [-0.39, 0.29) is 19.0 Å². The fourth-order valence-corrected chi connectivity index (χ4v) is 1.13. The van der Waals surface area contributed by atoms with Crippen molar-refractivity contribution in [1.29, 1.82) is 0 Å². The highest BCUT2D eigenvalue weighted by Crippen LogP contribution is 1.99. The number of hydrogen-bond acceptors (Lipinski definition) is 4. The molecule has 0 aliphatic rings. The second-order valence-corrected chi connectivity index (χ2v) is 3.46. The van der Waals surface area contributed by atoms with Crippen molar-refractivity contribution in [2.75, 3.05) is 13.2 Å². The Bertz CT molecular complexity index is 486. The van der Waals surface area contributed by atoms with Gasteiger partial charge in [-0.1, -0.05) is 12.2 Å². The van der Waals surface area contributed by atoms with Crippen molar-refractivity contribution in [3.63, 3.8) is 0 Å². The van der Waals surface area contributed by atoms with E-state index in [1.165, 1.54) is 0 Å². The lowest BCUT2D eigenvalue weighted by Gasteiger charge is -2.07. The number of aromatic amines is 1. The molecule has 0 unspecified atom stereocenters. The SMILES string of the molecule is C=C(C)COCCn1c(O)cc(=O)[nH]c1=O. The topological polar surface area (TPSA) is 84.3 Å². The number of H-pyrrole nitrogens is 1. The molecule has 0 amide bonds. The standard InChI is InChI=1S/C10H14N2O4/c1-7(2)6-16-4-3-12-9(14)5-8(13)11-10(12)15/h5,14H,1,3-4,6H2,2H3,(H,11,13,15). The second kappa shape index (κ2) is 5.32. The number of nitrogens with zero attached hydrogens (tertiary/aromatic N) is 1. The van der Waals surface area contributed by atoms with Crippen molar-refractivity contribution in [2.24, 2.45) is 0 Å². The molecule has 1 rings (SSSR count). The molecule has 88 valence electrons. The van der Waals surface area contributed by atoms with Crippen LogP contribution in [-0.2, 0) is 11.3 Å². The number of aromatic hydroxyl groups is 1. The van der Waals surface area contributed by atoms with E-state index in [4.69, 9.17) is 4.74 Å². The van der Waals surface area contributed by atoms with Crippen LogP contribution in [0.15, 0.2) is 27.8 Å². The minimum atomic E-state index is -0.649. The molecule has 0 radical (unpaired) electrons. The molecule has 1 aromatic rings. The van der Waals surface area contributed by atoms with Gasteiger partial charge < -0.3 is 9.84 Å². The van der Waals surface area contributed by atoms with E-state index in [9.17, 15) is 14.7 Å². The molecule has 0 saturated carbocycles. The first-order valence-corrected chi connectivity index (χ1v) is 4.76. The first kappa shape index (κ1) is 12.3. The van der Waals surface area contributed by atoms with Gasteiger partial charge in [0.15, 0.2) is 0 Å².